The van der Waals surface area contributed by atoms with E-state index in [1.165, 1.54) is 134 Å². The van der Waals surface area contributed by atoms with Gasteiger partial charge in [-0.25, -0.2) is 0 Å². The van der Waals surface area contributed by atoms with Gasteiger partial charge in [-0.3, -0.25) is 0 Å². The lowest BCUT2D eigenvalue weighted by molar-refractivity contribution is 0.488. The van der Waals surface area contributed by atoms with Gasteiger partial charge in [0.25, 0.3) is 0 Å². The van der Waals surface area contributed by atoms with Crippen molar-refractivity contribution < 1.29 is 0 Å². The summed E-state index contributed by atoms with van der Waals surface area (Å²) >= 11 is 0. The molecule has 3 aliphatic carbocycles. The molecule has 0 atom stereocenters. The van der Waals surface area contributed by atoms with E-state index in [1.807, 2.05) is 0 Å². The van der Waals surface area contributed by atoms with Crippen molar-refractivity contribution in [3.63, 3.8) is 0 Å². The molecule has 0 bridgehead atoms. The van der Waals surface area contributed by atoms with E-state index in [0.29, 0.717) is 0 Å². The van der Waals surface area contributed by atoms with E-state index >= 15 is 0 Å². The molecule has 0 radical (unpaired) electrons. The van der Waals surface area contributed by atoms with Crippen molar-refractivity contribution in [3.05, 3.63) is 140 Å². The first-order chi connectivity index (χ1) is 36.3. The highest BCUT2D eigenvalue weighted by atomic mass is 14.5. The van der Waals surface area contributed by atoms with E-state index in [2.05, 4.69) is 239 Å². The van der Waals surface area contributed by atoms with Gasteiger partial charge in [0.05, 0.1) is 0 Å². The molecule has 0 saturated carbocycles. The molecule has 0 heteroatoms. The summed E-state index contributed by atoms with van der Waals surface area (Å²) in [6.07, 6.45) is 10.3. The molecule has 6 aromatic carbocycles. The monoisotopic (exact) mass is 1040 g/mol. The molecule has 6 aromatic rings. The van der Waals surface area contributed by atoms with Crippen LogP contribution in [0.25, 0.3) is 66.8 Å². The zero-order chi connectivity index (χ0) is 57.4. The van der Waals surface area contributed by atoms with E-state index in [4.69, 9.17) is 0 Å². The molecule has 0 saturated heterocycles. The molecule has 0 amide bonds. The number of hydrogen-bond acceptors (Lipinski definition) is 0. The average molecular weight is 1040 g/mol. The SMILES string of the molecule is CCC(C)(C)c1cc2c(c(C(C)(C)CC)c1)-c1c3c(c4c(c1-c1c(cc(C(C)(C)CC)cc1C(C)(C)CC)C2)-c1c(cc(C(C)(C)CC)cc1C(C)(C)CC)Cc1cc(C(C)(C)CC)cc(C(C)(C)CC)c1-4)-c1ccccc1-3. The lowest BCUT2D eigenvalue weighted by atomic mass is 9.62. The summed E-state index contributed by atoms with van der Waals surface area (Å²) < 4.78 is 0. The Hall–Kier alpha value is -4.68. The third-order valence-electron chi connectivity index (χ3n) is 22.7. The van der Waals surface area contributed by atoms with Crippen LogP contribution in [0.5, 0.6) is 0 Å². The zero-order valence-electron chi connectivity index (χ0n) is 54.0. The first kappa shape index (κ1) is 58.0. The van der Waals surface area contributed by atoms with Crippen LogP contribution in [-0.2, 0) is 56.2 Å². The Morgan fingerprint density at radius 3 is 0.628 bits per heavy atom. The third-order valence-corrected chi connectivity index (χ3v) is 22.7. The van der Waals surface area contributed by atoms with Gasteiger partial charge >= 0.3 is 0 Å². The van der Waals surface area contributed by atoms with Crippen LogP contribution in [0.3, 0.4) is 0 Å². The highest BCUT2D eigenvalue weighted by Gasteiger charge is 2.46. The van der Waals surface area contributed by atoms with Crippen molar-refractivity contribution in [1.82, 2.24) is 0 Å². The fraction of sp³-hybridized carbons (Fsp3) is 0.538. The molecule has 0 heterocycles. The largest absolute Gasteiger partial charge is 0.0646 e. The fourth-order valence-electron chi connectivity index (χ4n) is 13.4. The van der Waals surface area contributed by atoms with Crippen LogP contribution >= 0.6 is 0 Å². The van der Waals surface area contributed by atoms with Crippen molar-refractivity contribution in [3.8, 4) is 66.8 Å². The van der Waals surface area contributed by atoms with Crippen LogP contribution in [0.15, 0.2) is 72.8 Å². The summed E-state index contributed by atoms with van der Waals surface area (Å²) in [5.41, 5.74) is 35.5. The Labute approximate surface area is 477 Å². The Bertz CT molecular complexity index is 3130. The van der Waals surface area contributed by atoms with Gasteiger partial charge in [-0.2, -0.15) is 0 Å². The minimum absolute atomic E-state index is 0.000229. The van der Waals surface area contributed by atoms with Gasteiger partial charge in [0.15, 0.2) is 0 Å². The van der Waals surface area contributed by atoms with Gasteiger partial charge in [0.2, 0.25) is 0 Å². The topological polar surface area (TPSA) is 0 Å². The second kappa shape index (κ2) is 19.5. The van der Waals surface area contributed by atoms with E-state index in [0.717, 1.165) is 64.2 Å². The molecular formula is C78H104. The molecule has 0 aliphatic heterocycles. The van der Waals surface area contributed by atoms with Gasteiger partial charge in [-0.15, -0.1) is 0 Å². The summed E-state index contributed by atoms with van der Waals surface area (Å²) in [6, 6.07) is 31.4. The molecule has 416 valence electrons. The van der Waals surface area contributed by atoms with Crippen LogP contribution in [0.2, 0.25) is 0 Å². The molecule has 3 aliphatic rings. The lowest BCUT2D eigenvalue weighted by Gasteiger charge is -2.40. The molecule has 0 fully saturated rings. The summed E-state index contributed by atoms with van der Waals surface area (Å²) in [7, 11) is 0. The predicted molar refractivity (Wildman–Crippen MR) is 345 cm³/mol. The van der Waals surface area contributed by atoms with Crippen molar-refractivity contribution in [1.29, 1.82) is 0 Å². The quantitative estimate of drug-likeness (QED) is 0.0905. The van der Waals surface area contributed by atoms with Crippen molar-refractivity contribution in [2.45, 2.75) is 274 Å². The van der Waals surface area contributed by atoms with E-state index in [1.54, 1.807) is 0 Å². The van der Waals surface area contributed by atoms with Crippen LogP contribution in [-0.4, -0.2) is 0 Å². The smallest absolute Gasteiger partial charge is 0.000719 e. The molecule has 0 spiro atoms. The van der Waals surface area contributed by atoms with E-state index in [9.17, 15) is 0 Å². The molecule has 0 nitrogen and oxygen atoms in total. The predicted octanol–water partition coefficient (Wildman–Crippen LogP) is 23.3. The first-order valence-electron chi connectivity index (χ1n) is 31.3. The maximum Gasteiger partial charge on any atom is -0.000719 e. The zero-order valence-corrected chi connectivity index (χ0v) is 54.0. The van der Waals surface area contributed by atoms with Gasteiger partial charge in [0.1, 0.15) is 0 Å². The minimum atomic E-state index is -0.117. The first-order valence-corrected chi connectivity index (χ1v) is 31.3. The second-order valence-corrected chi connectivity index (χ2v) is 30.3. The van der Waals surface area contributed by atoms with Crippen molar-refractivity contribution >= 4 is 0 Å². The summed E-state index contributed by atoms with van der Waals surface area (Å²) in [6.45, 7) is 59.8. The van der Waals surface area contributed by atoms with Gasteiger partial charge in [0, 0.05) is 0 Å². The number of fused-ring (bicyclic) bond motifs is 17. The third kappa shape index (κ3) is 8.97. The summed E-state index contributed by atoms with van der Waals surface area (Å²) in [5.74, 6) is 0. The number of benzene rings is 6. The van der Waals surface area contributed by atoms with Crippen molar-refractivity contribution in [2.75, 3.05) is 0 Å². The number of hydrogen-bond donors (Lipinski definition) is 0. The van der Waals surface area contributed by atoms with E-state index < -0.39 is 0 Å². The average Bonchev–Trinajstić information content (AvgIpc) is 2.07. The van der Waals surface area contributed by atoms with Gasteiger partial charge in [-0.05, 0) is 241 Å². The Morgan fingerprint density at radius 2 is 0.436 bits per heavy atom. The van der Waals surface area contributed by atoms with Gasteiger partial charge < -0.3 is 0 Å². The standard InChI is InChI=1S/C78H104/c1-25-71(9,10)51-39-47-37-49-41-53(73(13,14)27-3)45-59(77(21,22)31-7)63(49)69-67(61(47)57(43-51)75(17,18)29-5)65-55-35-33-34-36-56(55)66(65)68-62-48(40-52(72(11,12)26-2)44-58(62)76(19,20)30-6)38-50-42-54(74(15,16)28-4)46-60(64(50)70(68)69)78(23,24)32-8/h33-36,39-46H,25-32,37-38H2,1-24H3. The lowest BCUT2D eigenvalue weighted by Crippen LogP contribution is -2.24. The Morgan fingerprint density at radius 1 is 0.244 bits per heavy atom. The van der Waals surface area contributed by atoms with Crippen LogP contribution in [0, 0.1) is 0 Å². The second-order valence-electron chi connectivity index (χ2n) is 30.3. The highest BCUT2D eigenvalue weighted by molar-refractivity contribution is 6.24. The molecule has 78 heavy (non-hydrogen) atoms. The molecular weight excluding hydrogens is 937 g/mol. The minimum Gasteiger partial charge on any atom is -0.0646 e. The van der Waals surface area contributed by atoms with Crippen LogP contribution < -0.4 is 0 Å². The molecule has 0 unspecified atom stereocenters. The van der Waals surface area contributed by atoms with Crippen LogP contribution in [0.4, 0.5) is 0 Å². The van der Waals surface area contributed by atoms with Crippen molar-refractivity contribution in [2.24, 2.45) is 0 Å². The Balaban J connectivity index is 1.73. The maximum atomic E-state index is 2.73. The fourth-order valence-corrected chi connectivity index (χ4v) is 13.4. The Kier molecular flexibility index (Phi) is 14.5. The molecule has 0 aromatic heterocycles. The van der Waals surface area contributed by atoms with E-state index in [-0.39, 0.29) is 43.3 Å². The summed E-state index contributed by atoms with van der Waals surface area (Å²) in [4.78, 5) is 0. The molecule has 9 rings (SSSR count). The molecule has 0 N–H and O–H groups in total. The number of rotatable bonds is 16. The van der Waals surface area contributed by atoms with Crippen LogP contribution in [0.1, 0.15) is 284 Å². The maximum absolute atomic E-state index is 2.73. The van der Waals surface area contributed by atoms with Gasteiger partial charge in [-0.1, -0.05) is 239 Å². The highest BCUT2D eigenvalue weighted by Crippen LogP contribution is 2.68. The normalized spacial score (nSPS) is 14.5. The summed E-state index contributed by atoms with van der Waals surface area (Å²) in [5, 5.41) is 0.